The number of carbonyl (C=O) groups is 1. The van der Waals surface area contributed by atoms with Gasteiger partial charge in [-0.3, -0.25) is 14.9 Å². The third kappa shape index (κ3) is 4.00. The summed E-state index contributed by atoms with van der Waals surface area (Å²) in [6, 6.07) is 16.3. The van der Waals surface area contributed by atoms with E-state index < -0.39 is 10.6 Å². The number of methoxy groups -OCH3 is 1. The zero-order valence-corrected chi connectivity index (χ0v) is 19.2. The molecule has 1 heterocycles. The Morgan fingerprint density at radius 2 is 1.97 bits per heavy atom. The lowest BCUT2D eigenvalue weighted by atomic mass is 9.95. The second-order valence-electron chi connectivity index (χ2n) is 7.47. The van der Waals surface area contributed by atoms with E-state index in [0.717, 1.165) is 0 Å². The van der Waals surface area contributed by atoms with Gasteiger partial charge in [0, 0.05) is 23.4 Å². The van der Waals surface area contributed by atoms with Gasteiger partial charge < -0.3 is 15.2 Å². The molecule has 0 spiro atoms. The molecule has 33 heavy (non-hydrogen) atoms. The van der Waals surface area contributed by atoms with Crippen LogP contribution in [0.1, 0.15) is 28.4 Å². The van der Waals surface area contributed by atoms with Crippen molar-refractivity contribution >= 4 is 39.4 Å². The molecule has 0 aliphatic carbocycles. The Morgan fingerprint density at radius 1 is 1.21 bits per heavy atom. The average molecular weight is 511 g/mol. The van der Waals surface area contributed by atoms with Crippen LogP contribution in [0.15, 0.2) is 70.2 Å². The standard InChI is InChI=1S/C23H19BrN4O5/c1-23(15-6-5-7-16(12-15)28(31)32)26-19-9-4-3-8-17(19)22(30)27(23)25-13-14-10-18(24)21(29)20(11-14)33-2/h3-13,26,29H,1-2H3/b25-13-/t23-/m1/s1. The number of nitrogens with one attached hydrogen (secondary N) is 1. The number of halogens is 1. The lowest BCUT2D eigenvalue weighted by Crippen LogP contribution is -2.53. The molecule has 1 atom stereocenters. The second-order valence-corrected chi connectivity index (χ2v) is 8.32. The van der Waals surface area contributed by atoms with Gasteiger partial charge in [-0.15, -0.1) is 0 Å². The van der Waals surface area contributed by atoms with Crippen molar-refractivity contribution < 1.29 is 19.6 Å². The lowest BCUT2D eigenvalue weighted by Gasteiger charge is -2.43. The molecule has 0 fully saturated rings. The maximum Gasteiger partial charge on any atom is 0.278 e. The van der Waals surface area contributed by atoms with E-state index in [1.54, 1.807) is 55.5 Å². The number of rotatable bonds is 5. The number of phenols is 1. The number of ether oxygens (including phenoxy) is 1. The first kappa shape index (κ1) is 22.3. The van der Waals surface area contributed by atoms with Crippen LogP contribution in [-0.4, -0.2) is 34.3 Å². The molecule has 1 amide bonds. The fourth-order valence-corrected chi connectivity index (χ4v) is 4.10. The van der Waals surface area contributed by atoms with Crippen molar-refractivity contribution in [1.29, 1.82) is 0 Å². The molecule has 0 aromatic heterocycles. The molecule has 2 N–H and O–H groups in total. The van der Waals surface area contributed by atoms with E-state index in [9.17, 15) is 20.0 Å². The minimum Gasteiger partial charge on any atom is -0.503 e. The van der Waals surface area contributed by atoms with Crippen LogP contribution in [0.4, 0.5) is 11.4 Å². The van der Waals surface area contributed by atoms with Crippen molar-refractivity contribution in [3.63, 3.8) is 0 Å². The van der Waals surface area contributed by atoms with Crippen molar-refractivity contribution in [2.75, 3.05) is 12.4 Å². The van der Waals surface area contributed by atoms with Crippen molar-refractivity contribution in [3.8, 4) is 11.5 Å². The topological polar surface area (TPSA) is 117 Å². The number of nitro groups is 1. The summed E-state index contributed by atoms with van der Waals surface area (Å²) < 4.78 is 5.57. The number of benzene rings is 3. The largest absolute Gasteiger partial charge is 0.503 e. The fraction of sp³-hybridized carbons (Fsp3) is 0.130. The number of anilines is 1. The first-order chi connectivity index (χ1) is 15.7. The van der Waals surface area contributed by atoms with Crippen LogP contribution >= 0.6 is 15.9 Å². The highest BCUT2D eigenvalue weighted by Gasteiger charge is 2.43. The number of fused-ring (bicyclic) bond motifs is 1. The van der Waals surface area contributed by atoms with Gasteiger partial charge in [0.25, 0.3) is 11.6 Å². The van der Waals surface area contributed by atoms with Crippen LogP contribution in [0.2, 0.25) is 0 Å². The Labute approximate surface area is 197 Å². The number of phenolic OH excluding ortho intramolecular Hbond substituents is 1. The molecular weight excluding hydrogens is 492 g/mol. The maximum atomic E-state index is 13.5. The van der Waals surface area contributed by atoms with E-state index in [1.807, 2.05) is 0 Å². The van der Waals surface area contributed by atoms with Crippen LogP contribution in [-0.2, 0) is 5.66 Å². The number of non-ortho nitro benzene ring substituents is 1. The molecule has 0 unspecified atom stereocenters. The van der Waals surface area contributed by atoms with Crippen LogP contribution in [0.5, 0.6) is 11.5 Å². The maximum absolute atomic E-state index is 13.5. The summed E-state index contributed by atoms with van der Waals surface area (Å²) in [6.07, 6.45) is 1.45. The number of hydrogen-bond donors (Lipinski definition) is 2. The molecule has 1 aliphatic rings. The fourth-order valence-electron chi connectivity index (χ4n) is 3.64. The van der Waals surface area contributed by atoms with Gasteiger partial charge in [-0.05, 0) is 52.7 Å². The zero-order chi connectivity index (χ0) is 23.8. The average Bonchev–Trinajstić information content (AvgIpc) is 2.81. The number of hydrazone groups is 1. The van der Waals surface area contributed by atoms with Crippen LogP contribution in [0, 0.1) is 10.1 Å². The van der Waals surface area contributed by atoms with Crippen LogP contribution < -0.4 is 10.1 Å². The van der Waals surface area contributed by atoms with Crippen molar-refractivity contribution in [3.05, 3.63) is 91.9 Å². The normalized spacial score (nSPS) is 17.5. The Balaban J connectivity index is 1.83. The summed E-state index contributed by atoms with van der Waals surface area (Å²) in [5, 5.41) is 30.4. The first-order valence-electron chi connectivity index (χ1n) is 9.82. The monoisotopic (exact) mass is 510 g/mol. The van der Waals surface area contributed by atoms with Crippen molar-refractivity contribution in [2.24, 2.45) is 5.10 Å². The smallest absolute Gasteiger partial charge is 0.278 e. The molecule has 0 radical (unpaired) electrons. The quantitative estimate of drug-likeness (QED) is 0.288. The van der Waals surface area contributed by atoms with Gasteiger partial charge in [0.2, 0.25) is 0 Å². The zero-order valence-electron chi connectivity index (χ0n) is 17.7. The van der Waals surface area contributed by atoms with Gasteiger partial charge in [0.1, 0.15) is 0 Å². The van der Waals surface area contributed by atoms with Gasteiger partial charge in [-0.2, -0.15) is 10.1 Å². The summed E-state index contributed by atoms with van der Waals surface area (Å²) in [6.45, 7) is 1.73. The Hall–Kier alpha value is -3.92. The predicted octanol–water partition coefficient (Wildman–Crippen LogP) is 4.85. The van der Waals surface area contributed by atoms with Crippen LogP contribution in [0.25, 0.3) is 0 Å². The van der Waals surface area contributed by atoms with Gasteiger partial charge in [0.05, 0.1) is 28.3 Å². The van der Waals surface area contributed by atoms with E-state index >= 15 is 0 Å². The molecule has 9 nitrogen and oxygen atoms in total. The van der Waals surface area contributed by atoms with Gasteiger partial charge in [0.15, 0.2) is 17.2 Å². The number of amides is 1. The number of aromatic hydroxyl groups is 1. The summed E-state index contributed by atoms with van der Waals surface area (Å²) in [7, 11) is 1.43. The molecule has 4 rings (SSSR count). The summed E-state index contributed by atoms with van der Waals surface area (Å²) in [4.78, 5) is 24.3. The highest BCUT2D eigenvalue weighted by Crippen LogP contribution is 2.39. The van der Waals surface area contributed by atoms with Crippen LogP contribution in [0.3, 0.4) is 0 Å². The number of hydrogen-bond acceptors (Lipinski definition) is 7. The molecule has 10 heteroatoms. The summed E-state index contributed by atoms with van der Waals surface area (Å²) in [5.74, 6) is -0.194. The summed E-state index contributed by atoms with van der Waals surface area (Å²) in [5.41, 5.74) is 0.745. The number of nitrogens with zero attached hydrogens (tertiary/aromatic N) is 3. The van der Waals surface area contributed by atoms with E-state index in [4.69, 9.17) is 4.74 Å². The molecule has 3 aromatic carbocycles. The molecule has 3 aromatic rings. The van der Waals surface area contributed by atoms with E-state index in [-0.39, 0.29) is 23.1 Å². The molecule has 0 saturated heterocycles. The molecular formula is C23H19BrN4O5. The first-order valence-corrected chi connectivity index (χ1v) is 10.6. The van der Waals surface area contributed by atoms with Crippen molar-refractivity contribution in [2.45, 2.75) is 12.6 Å². The highest BCUT2D eigenvalue weighted by molar-refractivity contribution is 9.10. The molecule has 0 saturated carbocycles. The van der Waals surface area contributed by atoms with E-state index in [0.29, 0.717) is 26.9 Å². The van der Waals surface area contributed by atoms with E-state index in [1.165, 1.54) is 30.5 Å². The lowest BCUT2D eigenvalue weighted by molar-refractivity contribution is -0.385. The Bertz CT molecular complexity index is 1300. The Morgan fingerprint density at radius 3 is 2.70 bits per heavy atom. The minimum atomic E-state index is -1.22. The molecule has 0 bridgehead atoms. The predicted molar refractivity (Wildman–Crippen MR) is 127 cm³/mol. The van der Waals surface area contributed by atoms with Crippen molar-refractivity contribution in [1.82, 2.24) is 5.01 Å². The number of para-hydroxylation sites is 1. The minimum absolute atomic E-state index is 0.0549. The van der Waals surface area contributed by atoms with Gasteiger partial charge in [-0.25, -0.2) is 0 Å². The summed E-state index contributed by atoms with van der Waals surface area (Å²) >= 11 is 3.27. The third-order valence-electron chi connectivity index (χ3n) is 5.36. The van der Waals surface area contributed by atoms with Gasteiger partial charge in [-0.1, -0.05) is 24.3 Å². The van der Waals surface area contributed by atoms with Gasteiger partial charge >= 0.3 is 0 Å². The highest BCUT2D eigenvalue weighted by atomic mass is 79.9. The number of nitro benzene ring substituents is 1. The molecule has 1 aliphatic heterocycles. The Kier molecular flexibility index (Phi) is 5.77. The SMILES string of the molecule is COc1cc(/C=N\N2C(=O)c3ccccc3N[C@@]2(C)c2cccc([N+](=O)[O-])c2)cc(Br)c1O. The molecule has 168 valence electrons. The third-order valence-corrected chi connectivity index (χ3v) is 5.97. The van der Waals surface area contributed by atoms with E-state index in [2.05, 4.69) is 26.3 Å². The number of carbonyl (C=O) groups excluding carboxylic acids is 1. The second kappa shape index (κ2) is 8.55.